The molecule has 17 heavy (non-hydrogen) atoms. The molecule has 1 fully saturated rings. The molecule has 3 heteroatoms. The second kappa shape index (κ2) is 5.50. The van der Waals surface area contributed by atoms with Gasteiger partial charge in [-0.15, -0.1) is 0 Å². The van der Waals surface area contributed by atoms with Gasteiger partial charge in [0.15, 0.2) is 0 Å². The highest BCUT2D eigenvalue weighted by atomic mass is 15.2. The lowest BCUT2D eigenvalue weighted by molar-refractivity contribution is 0.112. The number of piperidine rings is 1. The molecule has 0 saturated carbocycles. The Morgan fingerprint density at radius 3 is 2.76 bits per heavy atom. The Morgan fingerprint density at radius 2 is 2.18 bits per heavy atom. The molecular formula is C14H23N3. The van der Waals surface area contributed by atoms with Gasteiger partial charge in [0.2, 0.25) is 0 Å². The van der Waals surface area contributed by atoms with Crippen LogP contribution in [0.4, 0.5) is 5.82 Å². The minimum Gasteiger partial charge on any atom is -0.373 e. The van der Waals surface area contributed by atoms with Crippen molar-refractivity contribution in [1.82, 2.24) is 9.88 Å². The Hall–Kier alpha value is -1.09. The van der Waals surface area contributed by atoms with Gasteiger partial charge in [-0.05, 0) is 44.9 Å². The van der Waals surface area contributed by atoms with Crippen molar-refractivity contribution in [2.75, 3.05) is 18.9 Å². The van der Waals surface area contributed by atoms with Crippen molar-refractivity contribution < 1.29 is 0 Å². The smallest absolute Gasteiger partial charge is 0.125 e. The molecule has 1 atom stereocenters. The maximum atomic E-state index is 4.43. The van der Waals surface area contributed by atoms with Gasteiger partial charge in [0, 0.05) is 25.3 Å². The van der Waals surface area contributed by atoms with Gasteiger partial charge in [0.05, 0.1) is 0 Å². The molecule has 0 aliphatic carbocycles. The number of hydrogen-bond acceptors (Lipinski definition) is 3. The molecule has 1 N–H and O–H groups in total. The fourth-order valence-electron chi connectivity index (χ4n) is 2.68. The summed E-state index contributed by atoms with van der Waals surface area (Å²) in [6, 6.07) is 5.46. The van der Waals surface area contributed by atoms with Crippen LogP contribution in [0.15, 0.2) is 18.3 Å². The van der Waals surface area contributed by atoms with Gasteiger partial charge in [-0.1, -0.05) is 12.5 Å². The summed E-state index contributed by atoms with van der Waals surface area (Å²) in [5, 5.41) is 3.07. The summed E-state index contributed by atoms with van der Waals surface area (Å²) in [6.07, 6.45) is 5.95. The number of anilines is 1. The molecule has 0 bridgehead atoms. The van der Waals surface area contributed by atoms with E-state index < -0.39 is 0 Å². The van der Waals surface area contributed by atoms with Crippen LogP contribution >= 0.6 is 0 Å². The van der Waals surface area contributed by atoms with Crippen LogP contribution in [-0.4, -0.2) is 29.5 Å². The first kappa shape index (κ1) is 12.4. The summed E-state index contributed by atoms with van der Waals surface area (Å²) >= 11 is 0. The molecule has 1 aliphatic rings. The first-order valence-corrected chi connectivity index (χ1v) is 6.62. The van der Waals surface area contributed by atoms with Crippen LogP contribution in [0.1, 0.15) is 44.7 Å². The second-order valence-corrected chi connectivity index (χ2v) is 5.07. The number of hydrogen-bond donors (Lipinski definition) is 1. The highest BCUT2D eigenvalue weighted by Gasteiger charge is 2.25. The van der Waals surface area contributed by atoms with Crippen molar-refractivity contribution >= 4 is 5.82 Å². The molecule has 3 nitrogen and oxygen atoms in total. The lowest BCUT2D eigenvalue weighted by Crippen LogP contribution is -2.38. The highest BCUT2D eigenvalue weighted by Crippen LogP contribution is 2.32. The monoisotopic (exact) mass is 233 g/mol. The van der Waals surface area contributed by atoms with Gasteiger partial charge in [0.1, 0.15) is 5.82 Å². The van der Waals surface area contributed by atoms with Crippen LogP contribution in [0.3, 0.4) is 0 Å². The molecule has 94 valence electrons. The average Bonchev–Trinajstić information content (AvgIpc) is 2.39. The first-order valence-electron chi connectivity index (χ1n) is 6.62. The van der Waals surface area contributed by atoms with Gasteiger partial charge < -0.3 is 5.32 Å². The minimum absolute atomic E-state index is 0.558. The Kier molecular flexibility index (Phi) is 4.00. The summed E-state index contributed by atoms with van der Waals surface area (Å²) in [4.78, 5) is 7.03. The average molecular weight is 233 g/mol. The zero-order chi connectivity index (χ0) is 12.3. The third-order valence-corrected chi connectivity index (χ3v) is 3.63. The van der Waals surface area contributed by atoms with E-state index >= 15 is 0 Å². The normalized spacial score (nSPS) is 21.8. The maximum Gasteiger partial charge on any atom is 0.125 e. The zero-order valence-electron chi connectivity index (χ0n) is 11.1. The van der Waals surface area contributed by atoms with Gasteiger partial charge in [-0.3, -0.25) is 4.90 Å². The van der Waals surface area contributed by atoms with Crippen molar-refractivity contribution in [3.8, 4) is 0 Å². The summed E-state index contributed by atoms with van der Waals surface area (Å²) < 4.78 is 0. The van der Waals surface area contributed by atoms with E-state index in [0.29, 0.717) is 12.1 Å². The third-order valence-electron chi connectivity index (χ3n) is 3.63. The van der Waals surface area contributed by atoms with Crippen molar-refractivity contribution in [3.05, 3.63) is 23.9 Å². The maximum absolute atomic E-state index is 4.43. The topological polar surface area (TPSA) is 28.2 Å². The predicted octanol–water partition coefficient (Wildman–Crippen LogP) is 3.06. The number of aromatic nitrogens is 1. The third kappa shape index (κ3) is 2.78. The molecule has 0 unspecified atom stereocenters. The zero-order valence-corrected chi connectivity index (χ0v) is 11.1. The SMILES string of the molecule is CNc1ccc([C@@H]2CCCCN2C(C)C)cn1. The standard InChI is InChI=1S/C14H23N3/c1-11(2)17-9-5-4-6-13(17)12-7-8-14(15-3)16-10-12/h7-8,10-11,13H,4-6,9H2,1-3H3,(H,15,16)/t13-/m0/s1. The van der Waals surface area contributed by atoms with E-state index in [1.165, 1.54) is 31.4 Å². The van der Waals surface area contributed by atoms with Gasteiger partial charge in [-0.2, -0.15) is 0 Å². The number of likely N-dealkylation sites (tertiary alicyclic amines) is 1. The quantitative estimate of drug-likeness (QED) is 0.869. The Balaban J connectivity index is 2.17. The van der Waals surface area contributed by atoms with Gasteiger partial charge >= 0.3 is 0 Å². The van der Waals surface area contributed by atoms with E-state index in [1.807, 2.05) is 13.2 Å². The van der Waals surface area contributed by atoms with Crippen molar-refractivity contribution in [3.63, 3.8) is 0 Å². The molecule has 0 spiro atoms. The van der Waals surface area contributed by atoms with Crippen LogP contribution in [0.5, 0.6) is 0 Å². The summed E-state index contributed by atoms with van der Waals surface area (Å²) in [6.45, 7) is 5.79. The molecule has 1 aromatic heterocycles. The largest absolute Gasteiger partial charge is 0.373 e. The predicted molar refractivity (Wildman–Crippen MR) is 72.2 cm³/mol. The van der Waals surface area contributed by atoms with Crippen LogP contribution in [-0.2, 0) is 0 Å². The van der Waals surface area contributed by atoms with Crippen LogP contribution in [0, 0.1) is 0 Å². The van der Waals surface area contributed by atoms with Crippen LogP contribution < -0.4 is 5.32 Å². The van der Waals surface area contributed by atoms with Gasteiger partial charge in [-0.25, -0.2) is 4.98 Å². The Morgan fingerprint density at radius 1 is 1.35 bits per heavy atom. The second-order valence-electron chi connectivity index (χ2n) is 5.07. The number of nitrogens with one attached hydrogen (secondary N) is 1. The lowest BCUT2D eigenvalue weighted by atomic mass is 9.95. The van der Waals surface area contributed by atoms with E-state index in [0.717, 1.165) is 5.82 Å². The van der Waals surface area contributed by atoms with E-state index in [2.05, 4.69) is 41.2 Å². The summed E-state index contributed by atoms with van der Waals surface area (Å²) in [5.41, 5.74) is 1.36. The minimum atomic E-state index is 0.558. The van der Waals surface area contributed by atoms with E-state index in [-0.39, 0.29) is 0 Å². The van der Waals surface area contributed by atoms with Crippen molar-refractivity contribution in [2.24, 2.45) is 0 Å². The highest BCUT2D eigenvalue weighted by molar-refractivity contribution is 5.35. The van der Waals surface area contributed by atoms with Crippen LogP contribution in [0.2, 0.25) is 0 Å². The Labute approximate surface area is 104 Å². The molecule has 1 aromatic rings. The molecule has 2 heterocycles. The lowest BCUT2D eigenvalue weighted by Gasteiger charge is -2.38. The molecular weight excluding hydrogens is 210 g/mol. The molecule has 0 amide bonds. The molecule has 0 radical (unpaired) electrons. The Bertz CT molecular complexity index is 345. The molecule has 1 aliphatic heterocycles. The van der Waals surface area contributed by atoms with Crippen molar-refractivity contribution in [2.45, 2.75) is 45.2 Å². The van der Waals surface area contributed by atoms with Crippen LogP contribution in [0.25, 0.3) is 0 Å². The molecule has 0 aromatic carbocycles. The molecule has 1 saturated heterocycles. The molecule has 2 rings (SSSR count). The van der Waals surface area contributed by atoms with E-state index in [9.17, 15) is 0 Å². The first-order chi connectivity index (χ1) is 8.22. The van der Waals surface area contributed by atoms with Crippen molar-refractivity contribution in [1.29, 1.82) is 0 Å². The van der Waals surface area contributed by atoms with E-state index in [1.54, 1.807) is 0 Å². The number of pyridine rings is 1. The summed E-state index contributed by atoms with van der Waals surface area (Å²) in [7, 11) is 1.91. The number of nitrogens with zero attached hydrogens (tertiary/aromatic N) is 2. The number of rotatable bonds is 3. The van der Waals surface area contributed by atoms with E-state index in [4.69, 9.17) is 0 Å². The summed E-state index contributed by atoms with van der Waals surface area (Å²) in [5.74, 6) is 0.945. The fourth-order valence-corrected chi connectivity index (χ4v) is 2.68. The van der Waals surface area contributed by atoms with Gasteiger partial charge in [0.25, 0.3) is 0 Å². The fraction of sp³-hybridized carbons (Fsp3) is 0.643.